The van der Waals surface area contributed by atoms with Crippen LogP contribution < -0.4 is 11.1 Å². The highest BCUT2D eigenvalue weighted by molar-refractivity contribution is 7.99. The normalized spacial score (nSPS) is 13.6. The zero-order chi connectivity index (χ0) is 18.7. The van der Waals surface area contributed by atoms with Gasteiger partial charge in [0.1, 0.15) is 5.82 Å². The van der Waals surface area contributed by atoms with Gasteiger partial charge in [-0.1, -0.05) is 23.9 Å². The summed E-state index contributed by atoms with van der Waals surface area (Å²) in [7, 11) is 0. The van der Waals surface area contributed by atoms with Gasteiger partial charge < -0.3 is 15.6 Å². The molecule has 2 aromatic rings. The molecule has 3 rings (SSSR count). The predicted molar refractivity (Wildman–Crippen MR) is 101 cm³/mol. The number of aryl methyl sites for hydroxylation is 3. The van der Waals surface area contributed by atoms with Gasteiger partial charge in [0.05, 0.1) is 5.75 Å². The molecule has 1 heterocycles. The summed E-state index contributed by atoms with van der Waals surface area (Å²) >= 11 is 1.37. The molecule has 2 amide bonds. The van der Waals surface area contributed by atoms with E-state index in [1.165, 1.54) is 11.8 Å². The zero-order valence-corrected chi connectivity index (χ0v) is 15.8. The third-order valence-corrected chi connectivity index (χ3v) is 5.18. The fourth-order valence-corrected chi connectivity index (χ4v) is 3.52. The third-order valence-electron chi connectivity index (χ3n) is 4.24. The zero-order valence-electron chi connectivity index (χ0n) is 15.0. The van der Waals surface area contributed by atoms with E-state index in [2.05, 4.69) is 20.1 Å². The molecule has 138 valence electrons. The van der Waals surface area contributed by atoms with Crippen LogP contribution in [-0.2, 0) is 16.0 Å². The van der Waals surface area contributed by atoms with Crippen LogP contribution in [0.3, 0.4) is 0 Å². The van der Waals surface area contributed by atoms with Crippen molar-refractivity contribution in [3.05, 3.63) is 35.2 Å². The van der Waals surface area contributed by atoms with E-state index in [4.69, 9.17) is 5.73 Å². The molecule has 1 saturated carbocycles. The van der Waals surface area contributed by atoms with Crippen LogP contribution in [0.4, 0.5) is 5.69 Å². The Morgan fingerprint density at radius 3 is 2.77 bits per heavy atom. The first-order valence-corrected chi connectivity index (χ1v) is 9.64. The quantitative estimate of drug-likeness (QED) is 0.692. The van der Waals surface area contributed by atoms with Crippen LogP contribution in [0, 0.1) is 13.8 Å². The van der Waals surface area contributed by atoms with Crippen molar-refractivity contribution in [1.29, 1.82) is 0 Å². The van der Waals surface area contributed by atoms with E-state index < -0.39 is 0 Å². The van der Waals surface area contributed by atoms with E-state index in [0.717, 1.165) is 40.6 Å². The number of amides is 2. The van der Waals surface area contributed by atoms with Gasteiger partial charge in [0.15, 0.2) is 5.16 Å². The molecule has 0 atom stereocenters. The molecule has 0 aliphatic heterocycles. The second-order valence-corrected chi connectivity index (χ2v) is 7.56. The molecule has 1 aliphatic carbocycles. The van der Waals surface area contributed by atoms with Gasteiger partial charge in [-0.15, -0.1) is 10.2 Å². The Balaban J connectivity index is 1.63. The topological polar surface area (TPSA) is 103 Å². The Hall–Kier alpha value is -2.35. The molecule has 1 aromatic heterocycles. The number of aromatic nitrogens is 3. The number of carbonyl (C=O) groups is 2. The van der Waals surface area contributed by atoms with E-state index in [0.29, 0.717) is 12.5 Å². The van der Waals surface area contributed by atoms with E-state index >= 15 is 0 Å². The summed E-state index contributed by atoms with van der Waals surface area (Å²) in [5.74, 6) is 0.600. The summed E-state index contributed by atoms with van der Waals surface area (Å²) in [6.45, 7) is 3.96. The molecule has 1 aliphatic rings. The van der Waals surface area contributed by atoms with Gasteiger partial charge in [0.25, 0.3) is 0 Å². The van der Waals surface area contributed by atoms with Crippen molar-refractivity contribution in [2.45, 2.75) is 50.7 Å². The lowest BCUT2D eigenvalue weighted by Crippen LogP contribution is -2.16. The molecule has 0 saturated heterocycles. The minimum Gasteiger partial charge on any atom is -0.370 e. The van der Waals surface area contributed by atoms with Crippen molar-refractivity contribution in [3.8, 4) is 0 Å². The molecule has 0 unspecified atom stereocenters. The number of rotatable bonds is 8. The largest absolute Gasteiger partial charge is 0.370 e. The van der Waals surface area contributed by atoms with E-state index in [-0.39, 0.29) is 24.0 Å². The van der Waals surface area contributed by atoms with Crippen molar-refractivity contribution in [2.24, 2.45) is 5.73 Å². The third kappa shape index (κ3) is 4.63. The van der Waals surface area contributed by atoms with Gasteiger partial charge in [0, 0.05) is 24.6 Å². The Labute approximate surface area is 156 Å². The molecular weight excluding hydrogens is 350 g/mol. The second-order valence-electron chi connectivity index (χ2n) is 6.62. The van der Waals surface area contributed by atoms with Gasteiger partial charge in [0.2, 0.25) is 11.8 Å². The number of nitrogens with zero attached hydrogens (tertiary/aromatic N) is 3. The van der Waals surface area contributed by atoms with Crippen LogP contribution in [0.1, 0.15) is 42.3 Å². The number of benzene rings is 1. The molecule has 7 nitrogen and oxygen atoms in total. The van der Waals surface area contributed by atoms with Crippen LogP contribution in [0.5, 0.6) is 0 Å². The summed E-state index contributed by atoms with van der Waals surface area (Å²) in [6, 6.07) is 6.35. The summed E-state index contributed by atoms with van der Waals surface area (Å²) < 4.78 is 2.05. The maximum absolute atomic E-state index is 12.3. The Morgan fingerprint density at radius 1 is 1.31 bits per heavy atom. The fraction of sp³-hybridized carbons (Fsp3) is 0.444. The van der Waals surface area contributed by atoms with Crippen LogP contribution in [0.15, 0.2) is 23.4 Å². The van der Waals surface area contributed by atoms with Crippen molar-refractivity contribution in [1.82, 2.24) is 14.8 Å². The first-order chi connectivity index (χ1) is 12.4. The second kappa shape index (κ2) is 7.90. The SMILES string of the molecule is Cc1ccc(C)c(NC(=O)CSc2nnc(CCC(N)=O)n2C2CC2)c1. The minimum absolute atomic E-state index is 0.0762. The van der Waals surface area contributed by atoms with Gasteiger partial charge in [-0.25, -0.2) is 0 Å². The fourth-order valence-electron chi connectivity index (χ4n) is 2.70. The number of anilines is 1. The lowest BCUT2D eigenvalue weighted by Gasteiger charge is -2.10. The van der Waals surface area contributed by atoms with Crippen molar-refractivity contribution in [3.63, 3.8) is 0 Å². The average Bonchev–Trinajstić information content (AvgIpc) is 3.34. The summed E-state index contributed by atoms with van der Waals surface area (Å²) in [6.07, 6.45) is 2.88. The monoisotopic (exact) mass is 373 g/mol. The predicted octanol–water partition coefficient (Wildman–Crippen LogP) is 2.38. The Bertz CT molecular complexity index is 829. The van der Waals surface area contributed by atoms with Gasteiger partial charge in [-0.3, -0.25) is 9.59 Å². The molecule has 0 bridgehead atoms. The maximum atomic E-state index is 12.3. The number of primary amides is 1. The first-order valence-electron chi connectivity index (χ1n) is 8.66. The van der Waals surface area contributed by atoms with Gasteiger partial charge in [-0.05, 0) is 43.9 Å². The van der Waals surface area contributed by atoms with Crippen LogP contribution in [-0.4, -0.2) is 32.3 Å². The van der Waals surface area contributed by atoms with E-state index in [1.54, 1.807) is 0 Å². The van der Waals surface area contributed by atoms with E-state index in [1.807, 2.05) is 32.0 Å². The van der Waals surface area contributed by atoms with Gasteiger partial charge in [-0.2, -0.15) is 0 Å². The minimum atomic E-state index is -0.350. The maximum Gasteiger partial charge on any atom is 0.234 e. The van der Waals surface area contributed by atoms with Crippen molar-refractivity contribution >= 4 is 29.3 Å². The van der Waals surface area contributed by atoms with Crippen LogP contribution >= 0.6 is 11.8 Å². The molecule has 26 heavy (non-hydrogen) atoms. The van der Waals surface area contributed by atoms with Crippen molar-refractivity contribution in [2.75, 3.05) is 11.1 Å². The number of nitrogens with one attached hydrogen (secondary N) is 1. The number of carbonyl (C=O) groups excluding carboxylic acids is 2. The van der Waals surface area contributed by atoms with Crippen molar-refractivity contribution < 1.29 is 9.59 Å². The highest BCUT2D eigenvalue weighted by atomic mass is 32.2. The highest BCUT2D eigenvalue weighted by Crippen LogP contribution is 2.39. The molecule has 0 spiro atoms. The molecule has 1 aromatic carbocycles. The highest BCUT2D eigenvalue weighted by Gasteiger charge is 2.29. The molecule has 0 radical (unpaired) electrons. The number of hydrogen-bond acceptors (Lipinski definition) is 5. The molecule has 1 fully saturated rings. The van der Waals surface area contributed by atoms with E-state index in [9.17, 15) is 9.59 Å². The summed E-state index contributed by atoms with van der Waals surface area (Å²) in [5, 5.41) is 12.1. The van der Waals surface area contributed by atoms with Crippen LogP contribution in [0.2, 0.25) is 0 Å². The standard InChI is InChI=1S/C18H23N5O2S/c1-11-3-4-12(2)14(9-11)20-17(25)10-26-18-22-21-16(8-7-15(19)24)23(18)13-5-6-13/h3-4,9,13H,5-8,10H2,1-2H3,(H2,19,24)(H,20,25). The summed E-state index contributed by atoms with van der Waals surface area (Å²) in [5.41, 5.74) is 8.20. The average molecular weight is 373 g/mol. The smallest absolute Gasteiger partial charge is 0.234 e. The lowest BCUT2D eigenvalue weighted by molar-refractivity contribution is -0.118. The molecular formula is C18H23N5O2S. The number of thioether (sulfide) groups is 1. The number of nitrogens with two attached hydrogens (primary N) is 1. The van der Waals surface area contributed by atoms with Gasteiger partial charge >= 0.3 is 0 Å². The molecule has 8 heteroatoms. The lowest BCUT2D eigenvalue weighted by atomic mass is 10.1. The number of hydrogen-bond donors (Lipinski definition) is 2. The summed E-state index contributed by atoms with van der Waals surface area (Å²) in [4.78, 5) is 23.3. The van der Waals surface area contributed by atoms with Crippen LogP contribution in [0.25, 0.3) is 0 Å². The molecule has 3 N–H and O–H groups in total. The Morgan fingerprint density at radius 2 is 2.08 bits per heavy atom. The Kier molecular flexibility index (Phi) is 5.61. The first kappa shape index (κ1) is 18.4.